The number of benzene rings is 1. The Morgan fingerprint density at radius 2 is 1.90 bits per heavy atom. The van der Waals surface area contributed by atoms with Crippen LogP contribution in [0.15, 0.2) is 29.2 Å². The number of likely N-dealkylation sites (N-methyl/N-ethyl adjacent to an activating group) is 1. The molecule has 15 heteroatoms. The van der Waals surface area contributed by atoms with Crippen LogP contribution in [0.4, 0.5) is 39.3 Å². The van der Waals surface area contributed by atoms with Gasteiger partial charge in [0.15, 0.2) is 5.82 Å². The number of carboxylic acids is 2. The minimum atomic E-state index is -5.08. The largest absolute Gasteiger partial charge is 0.490 e. The van der Waals surface area contributed by atoms with Crippen molar-refractivity contribution in [3.8, 4) is 6.07 Å². The van der Waals surface area contributed by atoms with E-state index in [4.69, 9.17) is 9.90 Å². The van der Waals surface area contributed by atoms with Crippen LogP contribution < -0.4 is 10.2 Å². The van der Waals surface area contributed by atoms with Crippen LogP contribution in [-0.2, 0) is 16.0 Å². The molecule has 0 bridgehead atoms. The van der Waals surface area contributed by atoms with E-state index in [1.807, 2.05) is 43.5 Å². The highest BCUT2D eigenvalue weighted by atomic mass is 32.2. The summed E-state index contributed by atoms with van der Waals surface area (Å²) in [7, 11) is 3.97. The van der Waals surface area contributed by atoms with Gasteiger partial charge in [0.25, 0.3) is 6.43 Å². The van der Waals surface area contributed by atoms with Crippen LogP contribution >= 0.6 is 11.8 Å². The number of hydrogen-bond donors (Lipinski definition) is 3. The minimum absolute atomic E-state index is 0.0716. The van der Waals surface area contributed by atoms with E-state index in [9.17, 15) is 37.1 Å². The van der Waals surface area contributed by atoms with Crippen molar-refractivity contribution in [3.63, 3.8) is 0 Å². The number of aliphatic carboxylic acids is 2. The normalized spacial score (nSPS) is 15.8. The molecule has 0 aliphatic carbocycles. The summed E-state index contributed by atoms with van der Waals surface area (Å²) in [4.78, 5) is 29.6. The molecule has 3 N–H and O–H groups in total. The maximum Gasteiger partial charge on any atom is 0.490 e. The van der Waals surface area contributed by atoms with Gasteiger partial charge in [-0.05, 0) is 57.0 Å². The Hall–Kier alpha value is -3.64. The molecule has 1 fully saturated rings. The van der Waals surface area contributed by atoms with Crippen LogP contribution in [0.3, 0.4) is 0 Å². The van der Waals surface area contributed by atoms with Crippen LogP contribution in [0.2, 0.25) is 0 Å². The fourth-order valence-corrected chi connectivity index (χ4v) is 4.55. The maximum absolute atomic E-state index is 13.9. The van der Waals surface area contributed by atoms with Crippen LogP contribution in [0, 0.1) is 17.2 Å². The first-order chi connectivity index (χ1) is 19.1. The highest BCUT2D eigenvalue weighted by Gasteiger charge is 2.38. The summed E-state index contributed by atoms with van der Waals surface area (Å²) in [5.74, 6) is -3.75. The first-order valence-corrected chi connectivity index (χ1v) is 13.4. The fourth-order valence-electron chi connectivity index (χ4n) is 4.01. The fraction of sp³-hybridized carbons (Fsp3) is 0.462. The van der Waals surface area contributed by atoms with Gasteiger partial charge in [-0.2, -0.15) is 18.4 Å². The lowest BCUT2D eigenvalue weighted by molar-refractivity contribution is -0.192. The number of carbonyl (C=O) groups is 2. The molecule has 0 unspecified atom stereocenters. The zero-order valence-electron chi connectivity index (χ0n) is 22.7. The quantitative estimate of drug-likeness (QED) is 0.253. The molecule has 1 aliphatic heterocycles. The van der Waals surface area contributed by atoms with E-state index in [1.165, 1.54) is 17.8 Å². The number of nitrogens with zero attached hydrogens (tertiary/aromatic N) is 4. The van der Waals surface area contributed by atoms with Crippen LogP contribution in [-0.4, -0.2) is 77.7 Å². The average Bonchev–Trinajstić information content (AvgIpc) is 3.39. The Kier molecular flexibility index (Phi) is 11.7. The van der Waals surface area contributed by atoms with Crippen LogP contribution in [0.25, 0.3) is 0 Å². The van der Waals surface area contributed by atoms with Crippen molar-refractivity contribution in [3.05, 3.63) is 41.0 Å². The van der Waals surface area contributed by atoms with Gasteiger partial charge in [0.1, 0.15) is 17.5 Å². The lowest BCUT2D eigenvalue weighted by Gasteiger charge is -2.23. The number of nitrogens with one attached hydrogen (secondary N) is 1. The summed E-state index contributed by atoms with van der Waals surface area (Å²) in [6, 6.07) is 8.99. The van der Waals surface area contributed by atoms with Crippen LogP contribution in [0.1, 0.15) is 36.5 Å². The number of aromatic nitrogens is 1. The summed E-state index contributed by atoms with van der Waals surface area (Å²) in [5, 5.41) is 29.2. The Balaban J connectivity index is 0.000000745. The molecule has 2 aromatic rings. The Morgan fingerprint density at radius 3 is 2.37 bits per heavy atom. The lowest BCUT2D eigenvalue weighted by Crippen LogP contribution is -2.31. The van der Waals surface area contributed by atoms with E-state index < -0.39 is 30.5 Å². The number of thioether (sulfide) groups is 1. The van der Waals surface area contributed by atoms with E-state index in [-0.39, 0.29) is 16.9 Å². The Morgan fingerprint density at radius 1 is 1.27 bits per heavy atom. The van der Waals surface area contributed by atoms with E-state index in [0.717, 1.165) is 16.9 Å². The van der Waals surface area contributed by atoms with E-state index in [1.54, 1.807) is 13.0 Å². The molecule has 41 heavy (non-hydrogen) atoms. The van der Waals surface area contributed by atoms with Crippen LogP contribution in [0.5, 0.6) is 0 Å². The van der Waals surface area contributed by atoms with Crippen molar-refractivity contribution in [1.82, 2.24) is 9.88 Å². The third kappa shape index (κ3) is 9.19. The number of anilines is 3. The predicted molar refractivity (Wildman–Crippen MR) is 144 cm³/mol. The highest BCUT2D eigenvalue weighted by molar-refractivity contribution is 7.98. The molecule has 1 saturated heterocycles. The van der Waals surface area contributed by atoms with Crippen molar-refractivity contribution in [2.45, 2.75) is 43.3 Å². The molecule has 1 aromatic heterocycles. The summed E-state index contributed by atoms with van der Waals surface area (Å²) in [6.45, 7) is 2.97. The molecule has 0 spiro atoms. The summed E-state index contributed by atoms with van der Waals surface area (Å²) < 4.78 is 59.6. The van der Waals surface area contributed by atoms with Gasteiger partial charge in [-0.15, -0.1) is 11.8 Å². The first-order valence-electron chi connectivity index (χ1n) is 12.2. The standard InChI is InChI=1S/C24H29F2N5O2S.C2HF3O2/c1-14(24(32)33)9-15-5-6-20(34-4)19(10-15)28-23-18(12-27)17(22(25)26)11-21(29-23)31-8-7-16(13-31)30(2)3;3-2(4,5)1(6)7/h5-6,10-11,14,16,22H,7-9,13H2,1-4H3,(H,28,29)(H,32,33);(H,6,7)/t14-,16-;/m0./s1. The zero-order chi connectivity index (χ0) is 31.1. The van der Waals surface area contributed by atoms with Crippen molar-refractivity contribution < 1.29 is 41.8 Å². The second-order valence-electron chi connectivity index (χ2n) is 9.46. The smallest absolute Gasteiger partial charge is 0.481 e. The Labute approximate surface area is 238 Å². The second kappa shape index (κ2) is 14.3. The number of hydrogen-bond acceptors (Lipinski definition) is 8. The summed E-state index contributed by atoms with van der Waals surface area (Å²) in [6.07, 6.45) is -4.82. The van der Waals surface area contributed by atoms with Crippen molar-refractivity contribution in [2.75, 3.05) is 43.7 Å². The lowest BCUT2D eigenvalue weighted by atomic mass is 10.0. The first kappa shape index (κ1) is 33.6. The minimum Gasteiger partial charge on any atom is -0.481 e. The SMILES string of the molecule is CSc1ccc(C[C@H](C)C(=O)O)cc1Nc1nc(N2CC[C@H](N(C)C)C2)cc(C(F)F)c1C#N.O=C(O)C(F)(F)F. The van der Waals surface area contributed by atoms with E-state index in [2.05, 4.69) is 15.2 Å². The molecule has 2 atom stereocenters. The third-order valence-electron chi connectivity index (χ3n) is 6.32. The second-order valence-corrected chi connectivity index (χ2v) is 10.3. The molecular weight excluding hydrogens is 573 g/mol. The van der Waals surface area contributed by atoms with Crippen molar-refractivity contribution in [1.29, 1.82) is 5.26 Å². The molecule has 0 radical (unpaired) electrons. The molecule has 3 rings (SSSR count). The van der Waals surface area contributed by atoms with Gasteiger partial charge in [-0.25, -0.2) is 18.6 Å². The zero-order valence-corrected chi connectivity index (χ0v) is 23.5. The number of alkyl halides is 5. The molecule has 1 aromatic carbocycles. The Bertz CT molecular complexity index is 1290. The third-order valence-corrected chi connectivity index (χ3v) is 7.12. The highest BCUT2D eigenvalue weighted by Crippen LogP contribution is 2.36. The summed E-state index contributed by atoms with van der Waals surface area (Å²) in [5.41, 5.74) is 0.826. The molecule has 1 aliphatic rings. The monoisotopic (exact) mass is 603 g/mol. The number of rotatable bonds is 9. The average molecular weight is 604 g/mol. The molecule has 9 nitrogen and oxygen atoms in total. The number of pyridine rings is 1. The van der Waals surface area contributed by atoms with Gasteiger partial charge in [0, 0.05) is 29.6 Å². The van der Waals surface area contributed by atoms with Crippen molar-refractivity contribution >= 4 is 41.0 Å². The molecular formula is C26H30F5N5O4S. The van der Waals surface area contributed by atoms with Gasteiger partial charge in [-0.3, -0.25) is 4.79 Å². The summed E-state index contributed by atoms with van der Waals surface area (Å²) >= 11 is 1.45. The van der Waals surface area contributed by atoms with E-state index >= 15 is 0 Å². The van der Waals surface area contributed by atoms with Gasteiger partial charge in [-0.1, -0.05) is 13.0 Å². The van der Waals surface area contributed by atoms with Gasteiger partial charge in [0.2, 0.25) is 0 Å². The molecule has 0 amide bonds. The topological polar surface area (TPSA) is 130 Å². The number of halogens is 5. The molecule has 2 heterocycles. The molecule has 224 valence electrons. The van der Waals surface area contributed by atoms with E-state index in [0.29, 0.717) is 37.1 Å². The number of carboxylic acid groups (broad SMARTS) is 2. The predicted octanol–water partition coefficient (Wildman–Crippen LogP) is 5.39. The number of nitriles is 1. The van der Waals surface area contributed by atoms with Gasteiger partial charge in [0.05, 0.1) is 11.6 Å². The maximum atomic E-state index is 13.9. The van der Waals surface area contributed by atoms with Crippen molar-refractivity contribution in [2.24, 2.45) is 5.92 Å². The molecule has 0 saturated carbocycles. The van der Waals surface area contributed by atoms with Gasteiger partial charge >= 0.3 is 18.1 Å². The van der Waals surface area contributed by atoms with Gasteiger partial charge < -0.3 is 25.3 Å².